The van der Waals surface area contributed by atoms with Gasteiger partial charge in [-0.2, -0.15) is 0 Å². The van der Waals surface area contributed by atoms with E-state index in [1.807, 2.05) is 25.2 Å². The Morgan fingerprint density at radius 2 is 2.00 bits per heavy atom. The molecular formula is C15H17ClN3O+. The summed E-state index contributed by atoms with van der Waals surface area (Å²) in [5.41, 5.74) is 1.75. The number of hydrogen-bond acceptors (Lipinski definition) is 2. The molecule has 0 aliphatic carbocycles. The van der Waals surface area contributed by atoms with Crippen molar-refractivity contribution in [1.29, 1.82) is 0 Å². The highest BCUT2D eigenvalue weighted by Gasteiger charge is 2.12. The number of pyridine rings is 1. The predicted molar refractivity (Wildman–Crippen MR) is 79.8 cm³/mol. The fourth-order valence-corrected chi connectivity index (χ4v) is 2.12. The molecule has 0 fully saturated rings. The van der Waals surface area contributed by atoms with Crippen LogP contribution in [-0.2, 0) is 11.3 Å². The van der Waals surface area contributed by atoms with E-state index in [4.69, 9.17) is 11.6 Å². The standard InChI is InChI=1S/C15H16ClN3O/c1-19(10-12-6-3-2-4-7-12)11-14(20)18-13-8-5-9-17-15(13)16/h2-9H,10-11H2,1H3,(H,18,20)/p+1. The topological polar surface area (TPSA) is 46.4 Å². The molecular weight excluding hydrogens is 274 g/mol. The minimum Gasteiger partial charge on any atom is -0.326 e. The first-order valence-corrected chi connectivity index (χ1v) is 6.78. The third-order valence-electron chi connectivity index (χ3n) is 2.84. The zero-order valence-electron chi connectivity index (χ0n) is 11.3. The average Bonchev–Trinajstić information content (AvgIpc) is 2.42. The Bertz CT molecular complexity index is 574. The van der Waals surface area contributed by atoms with Crippen molar-refractivity contribution in [3.8, 4) is 0 Å². The molecule has 0 aliphatic rings. The molecule has 0 spiro atoms. The van der Waals surface area contributed by atoms with E-state index >= 15 is 0 Å². The Balaban J connectivity index is 1.87. The van der Waals surface area contributed by atoms with E-state index in [1.165, 1.54) is 5.56 Å². The van der Waals surface area contributed by atoms with Gasteiger partial charge < -0.3 is 10.2 Å². The third kappa shape index (κ3) is 4.33. The van der Waals surface area contributed by atoms with Crippen LogP contribution in [0.3, 0.4) is 0 Å². The molecule has 1 aromatic carbocycles. The Morgan fingerprint density at radius 3 is 2.70 bits per heavy atom. The number of amides is 1. The second-order valence-corrected chi connectivity index (χ2v) is 5.04. The fraction of sp³-hybridized carbons (Fsp3) is 0.200. The van der Waals surface area contributed by atoms with Crippen molar-refractivity contribution in [2.45, 2.75) is 6.54 Å². The average molecular weight is 291 g/mol. The number of halogens is 1. The van der Waals surface area contributed by atoms with E-state index in [9.17, 15) is 4.79 Å². The molecule has 5 heteroatoms. The smallest absolute Gasteiger partial charge is 0.279 e. The SMILES string of the molecule is C[NH+](CC(=O)Nc1cccnc1Cl)Cc1ccccc1. The van der Waals surface area contributed by atoms with Gasteiger partial charge >= 0.3 is 0 Å². The van der Waals surface area contributed by atoms with E-state index in [-0.39, 0.29) is 5.91 Å². The van der Waals surface area contributed by atoms with Crippen molar-refractivity contribution >= 4 is 23.2 Å². The number of quaternary nitrogens is 1. The quantitative estimate of drug-likeness (QED) is 0.818. The van der Waals surface area contributed by atoms with Crippen molar-refractivity contribution < 1.29 is 9.69 Å². The zero-order valence-corrected chi connectivity index (χ0v) is 12.0. The highest BCUT2D eigenvalue weighted by Crippen LogP contribution is 2.16. The molecule has 2 rings (SSSR count). The second-order valence-electron chi connectivity index (χ2n) is 4.69. The molecule has 1 unspecified atom stereocenters. The Labute approximate surface area is 123 Å². The second kappa shape index (κ2) is 7.03. The van der Waals surface area contributed by atoms with Gasteiger partial charge in [-0.3, -0.25) is 4.79 Å². The summed E-state index contributed by atoms with van der Waals surface area (Å²) in [4.78, 5) is 17.0. The molecule has 0 saturated heterocycles. The Hall–Kier alpha value is -1.91. The van der Waals surface area contributed by atoms with Crippen LogP contribution in [0.15, 0.2) is 48.7 Å². The maximum atomic E-state index is 11.9. The van der Waals surface area contributed by atoms with Crippen molar-refractivity contribution in [2.24, 2.45) is 0 Å². The van der Waals surface area contributed by atoms with Gasteiger partial charge in [-0.05, 0) is 12.1 Å². The number of hydrogen-bond donors (Lipinski definition) is 2. The van der Waals surface area contributed by atoms with Gasteiger partial charge in [-0.25, -0.2) is 4.98 Å². The molecule has 1 aromatic heterocycles. The first-order valence-electron chi connectivity index (χ1n) is 6.41. The maximum Gasteiger partial charge on any atom is 0.279 e. The van der Waals surface area contributed by atoms with Crippen LogP contribution in [0.5, 0.6) is 0 Å². The van der Waals surface area contributed by atoms with Gasteiger partial charge in [-0.15, -0.1) is 0 Å². The van der Waals surface area contributed by atoms with Gasteiger partial charge in [0.25, 0.3) is 5.91 Å². The van der Waals surface area contributed by atoms with E-state index in [0.29, 0.717) is 17.4 Å². The lowest BCUT2D eigenvalue weighted by atomic mass is 10.2. The van der Waals surface area contributed by atoms with Gasteiger partial charge in [-0.1, -0.05) is 41.9 Å². The summed E-state index contributed by atoms with van der Waals surface area (Å²) < 4.78 is 0. The molecule has 1 heterocycles. The number of carbonyl (C=O) groups is 1. The Kier molecular flexibility index (Phi) is 5.09. The number of anilines is 1. The van der Waals surface area contributed by atoms with Crippen molar-refractivity contribution in [3.05, 3.63) is 59.4 Å². The summed E-state index contributed by atoms with van der Waals surface area (Å²) in [7, 11) is 1.98. The van der Waals surface area contributed by atoms with Gasteiger partial charge in [0, 0.05) is 11.8 Å². The molecule has 0 aliphatic heterocycles. The van der Waals surface area contributed by atoms with Crippen molar-refractivity contribution in [1.82, 2.24) is 4.98 Å². The van der Waals surface area contributed by atoms with Crippen LogP contribution < -0.4 is 10.2 Å². The minimum atomic E-state index is -0.0756. The van der Waals surface area contributed by atoms with Crippen molar-refractivity contribution in [2.75, 3.05) is 18.9 Å². The van der Waals surface area contributed by atoms with E-state index in [2.05, 4.69) is 22.4 Å². The third-order valence-corrected chi connectivity index (χ3v) is 3.15. The van der Waals surface area contributed by atoms with E-state index in [1.54, 1.807) is 18.3 Å². The van der Waals surface area contributed by atoms with Crippen LogP contribution in [0.2, 0.25) is 5.15 Å². The summed E-state index contributed by atoms with van der Waals surface area (Å²) in [5, 5.41) is 3.08. The number of nitrogens with one attached hydrogen (secondary N) is 2. The van der Waals surface area contributed by atoms with Crippen LogP contribution in [0.25, 0.3) is 0 Å². The molecule has 0 bridgehead atoms. The molecule has 1 amide bonds. The summed E-state index contributed by atoms with van der Waals surface area (Å²) >= 11 is 5.90. The van der Waals surface area contributed by atoms with Crippen LogP contribution in [-0.4, -0.2) is 24.5 Å². The van der Waals surface area contributed by atoms with Crippen LogP contribution in [0, 0.1) is 0 Å². The van der Waals surface area contributed by atoms with Gasteiger partial charge in [0.2, 0.25) is 0 Å². The number of carbonyl (C=O) groups excluding carboxylic acids is 1. The molecule has 104 valence electrons. The maximum absolute atomic E-state index is 11.9. The highest BCUT2D eigenvalue weighted by atomic mass is 35.5. The van der Waals surface area contributed by atoms with E-state index in [0.717, 1.165) is 11.4 Å². The predicted octanol–water partition coefficient (Wildman–Crippen LogP) is 1.39. The lowest BCUT2D eigenvalue weighted by Crippen LogP contribution is -3.08. The summed E-state index contributed by atoms with van der Waals surface area (Å²) in [6, 6.07) is 13.6. The monoisotopic (exact) mass is 290 g/mol. The molecule has 0 radical (unpaired) electrons. The van der Waals surface area contributed by atoms with Gasteiger partial charge in [0.1, 0.15) is 6.54 Å². The normalized spacial score (nSPS) is 11.9. The lowest BCUT2D eigenvalue weighted by Gasteiger charge is -2.14. The van der Waals surface area contributed by atoms with Crippen molar-refractivity contribution in [3.63, 3.8) is 0 Å². The molecule has 2 aromatic rings. The zero-order chi connectivity index (χ0) is 14.4. The summed E-state index contributed by atoms with van der Waals surface area (Å²) in [6.07, 6.45) is 1.59. The lowest BCUT2D eigenvalue weighted by molar-refractivity contribution is -0.885. The number of nitrogens with zero attached hydrogens (tertiary/aromatic N) is 1. The summed E-state index contributed by atoms with van der Waals surface area (Å²) in [5.74, 6) is -0.0756. The number of benzene rings is 1. The number of likely N-dealkylation sites (N-methyl/N-ethyl adjacent to an activating group) is 1. The molecule has 1 atom stereocenters. The van der Waals surface area contributed by atoms with Gasteiger partial charge in [0.15, 0.2) is 11.7 Å². The Morgan fingerprint density at radius 1 is 1.25 bits per heavy atom. The first-order chi connectivity index (χ1) is 9.65. The molecule has 0 saturated carbocycles. The molecule has 2 N–H and O–H groups in total. The molecule has 4 nitrogen and oxygen atoms in total. The summed E-state index contributed by atoms with van der Waals surface area (Å²) in [6.45, 7) is 1.18. The highest BCUT2D eigenvalue weighted by molar-refractivity contribution is 6.32. The van der Waals surface area contributed by atoms with Gasteiger partial charge in [0.05, 0.1) is 12.7 Å². The number of aromatic nitrogens is 1. The largest absolute Gasteiger partial charge is 0.326 e. The van der Waals surface area contributed by atoms with Crippen LogP contribution >= 0.6 is 11.6 Å². The van der Waals surface area contributed by atoms with Crippen LogP contribution in [0.1, 0.15) is 5.56 Å². The minimum absolute atomic E-state index is 0.0756. The fourth-order valence-electron chi connectivity index (χ4n) is 1.95. The number of rotatable bonds is 5. The first kappa shape index (κ1) is 14.5. The molecule has 20 heavy (non-hydrogen) atoms. The van der Waals surface area contributed by atoms with Crippen LogP contribution in [0.4, 0.5) is 5.69 Å². The van der Waals surface area contributed by atoms with E-state index < -0.39 is 0 Å².